The van der Waals surface area contributed by atoms with Gasteiger partial charge in [-0.15, -0.1) is 0 Å². The van der Waals surface area contributed by atoms with Crippen LogP contribution in [0, 0.1) is 5.92 Å². The summed E-state index contributed by atoms with van der Waals surface area (Å²) in [6.45, 7) is 8.83. The van der Waals surface area contributed by atoms with E-state index in [2.05, 4.69) is 52.0 Å². The molecule has 0 fully saturated rings. The van der Waals surface area contributed by atoms with Crippen LogP contribution in [0.4, 0.5) is 0 Å². The fourth-order valence-electron chi connectivity index (χ4n) is 1.94. The summed E-state index contributed by atoms with van der Waals surface area (Å²) in [4.78, 5) is 0. The lowest BCUT2D eigenvalue weighted by Gasteiger charge is -2.14. The quantitative estimate of drug-likeness (QED) is 0.758. The average Bonchev–Trinajstić information content (AvgIpc) is 2.35. The monoisotopic (exact) mass is 234 g/mol. The Labute approximate surface area is 106 Å². The van der Waals surface area contributed by atoms with Crippen LogP contribution in [0.15, 0.2) is 24.3 Å². The van der Waals surface area contributed by atoms with Crippen molar-refractivity contribution >= 4 is 0 Å². The van der Waals surface area contributed by atoms with Crippen molar-refractivity contribution in [2.24, 2.45) is 5.92 Å². The van der Waals surface area contributed by atoms with Gasteiger partial charge in [0.1, 0.15) is 0 Å². The third kappa shape index (κ3) is 4.51. The van der Waals surface area contributed by atoms with Crippen molar-refractivity contribution in [3.05, 3.63) is 35.4 Å². The number of aliphatic hydroxyl groups excluding tert-OH is 1. The van der Waals surface area contributed by atoms with Crippen LogP contribution in [-0.2, 0) is 0 Å². The van der Waals surface area contributed by atoms with E-state index in [-0.39, 0.29) is 6.10 Å². The van der Waals surface area contributed by atoms with E-state index in [0.717, 1.165) is 24.8 Å². The lowest BCUT2D eigenvalue weighted by molar-refractivity contribution is 0.159. The minimum Gasteiger partial charge on any atom is -0.388 e. The van der Waals surface area contributed by atoms with Crippen LogP contribution in [0.3, 0.4) is 0 Å². The van der Waals surface area contributed by atoms with Gasteiger partial charge in [0.2, 0.25) is 0 Å². The molecule has 0 aliphatic heterocycles. The smallest absolute Gasteiger partial charge is 0.0790 e. The molecule has 17 heavy (non-hydrogen) atoms. The molecule has 1 rings (SSSR count). The molecule has 0 bridgehead atoms. The predicted molar refractivity (Wildman–Crippen MR) is 74.2 cm³/mol. The number of aliphatic hydroxyl groups is 1. The Balaban J connectivity index is 2.60. The highest BCUT2D eigenvalue weighted by molar-refractivity contribution is 5.26. The Bertz CT molecular complexity index is 313. The Kier molecular flexibility index (Phi) is 5.70. The predicted octanol–water partition coefficient (Wildman–Crippen LogP) is 4.67. The minimum absolute atomic E-state index is 0.302. The zero-order valence-electron chi connectivity index (χ0n) is 11.6. The maximum Gasteiger partial charge on any atom is 0.0790 e. The molecular formula is C16H26O. The fourth-order valence-corrected chi connectivity index (χ4v) is 1.94. The summed E-state index contributed by atoms with van der Waals surface area (Å²) in [5, 5.41) is 10.1. The third-order valence-electron chi connectivity index (χ3n) is 3.52. The van der Waals surface area contributed by atoms with E-state index in [4.69, 9.17) is 0 Å². The second-order valence-electron chi connectivity index (χ2n) is 5.46. The van der Waals surface area contributed by atoms with Crippen LogP contribution in [0.5, 0.6) is 0 Å². The third-order valence-corrected chi connectivity index (χ3v) is 3.52. The summed E-state index contributed by atoms with van der Waals surface area (Å²) < 4.78 is 0. The minimum atomic E-state index is -0.302. The van der Waals surface area contributed by atoms with E-state index >= 15 is 0 Å². The van der Waals surface area contributed by atoms with Crippen LogP contribution >= 0.6 is 0 Å². The highest BCUT2D eigenvalue weighted by Gasteiger charge is 2.09. The molecule has 1 N–H and O–H groups in total. The molecule has 96 valence electrons. The van der Waals surface area contributed by atoms with Gasteiger partial charge in [0.15, 0.2) is 0 Å². The average molecular weight is 234 g/mol. The molecule has 2 unspecified atom stereocenters. The first kappa shape index (κ1) is 14.2. The van der Waals surface area contributed by atoms with Crippen molar-refractivity contribution in [1.82, 2.24) is 0 Å². The van der Waals surface area contributed by atoms with Crippen LogP contribution in [-0.4, -0.2) is 5.11 Å². The molecule has 0 saturated carbocycles. The Hall–Kier alpha value is -0.820. The zero-order valence-corrected chi connectivity index (χ0v) is 11.6. The van der Waals surface area contributed by atoms with Crippen LogP contribution in [0.25, 0.3) is 0 Å². The van der Waals surface area contributed by atoms with Gasteiger partial charge in [-0.05, 0) is 42.2 Å². The van der Waals surface area contributed by atoms with E-state index in [1.165, 1.54) is 5.56 Å². The standard InChI is InChI=1S/C16H26O/c1-5-13(4)14-7-9-15(10-8-14)16(17)11-6-12(2)3/h7-10,12-13,16-17H,5-6,11H2,1-4H3. The summed E-state index contributed by atoms with van der Waals surface area (Å²) in [5.41, 5.74) is 2.42. The van der Waals surface area contributed by atoms with Crippen molar-refractivity contribution in [2.75, 3.05) is 0 Å². The highest BCUT2D eigenvalue weighted by Crippen LogP contribution is 2.24. The second kappa shape index (κ2) is 6.80. The van der Waals surface area contributed by atoms with Gasteiger partial charge in [0.05, 0.1) is 6.10 Å². The molecule has 1 heteroatoms. The van der Waals surface area contributed by atoms with E-state index < -0.39 is 0 Å². The van der Waals surface area contributed by atoms with Gasteiger partial charge >= 0.3 is 0 Å². The number of benzene rings is 1. The highest BCUT2D eigenvalue weighted by atomic mass is 16.3. The summed E-state index contributed by atoms with van der Waals surface area (Å²) in [6, 6.07) is 8.46. The summed E-state index contributed by atoms with van der Waals surface area (Å²) >= 11 is 0. The van der Waals surface area contributed by atoms with Gasteiger partial charge in [0.25, 0.3) is 0 Å². The summed E-state index contributed by atoms with van der Waals surface area (Å²) in [6.07, 6.45) is 2.80. The normalized spacial score (nSPS) is 14.9. The topological polar surface area (TPSA) is 20.2 Å². The van der Waals surface area contributed by atoms with E-state index in [1.807, 2.05) is 0 Å². The molecule has 0 saturated heterocycles. The molecule has 0 aliphatic carbocycles. The SMILES string of the molecule is CCC(C)c1ccc(C(O)CCC(C)C)cc1. The Morgan fingerprint density at radius 3 is 1.94 bits per heavy atom. The molecule has 1 aromatic carbocycles. The van der Waals surface area contributed by atoms with Gasteiger partial charge in [-0.1, -0.05) is 52.0 Å². The fraction of sp³-hybridized carbons (Fsp3) is 0.625. The molecule has 0 spiro atoms. The Morgan fingerprint density at radius 2 is 1.47 bits per heavy atom. The molecule has 1 nitrogen and oxygen atoms in total. The maximum atomic E-state index is 10.1. The van der Waals surface area contributed by atoms with Gasteiger partial charge in [-0.2, -0.15) is 0 Å². The molecule has 1 aromatic rings. The van der Waals surface area contributed by atoms with Crippen molar-refractivity contribution < 1.29 is 5.11 Å². The van der Waals surface area contributed by atoms with Crippen molar-refractivity contribution in [1.29, 1.82) is 0 Å². The van der Waals surface area contributed by atoms with Crippen molar-refractivity contribution in [3.63, 3.8) is 0 Å². The van der Waals surface area contributed by atoms with Crippen LogP contribution in [0.2, 0.25) is 0 Å². The molecule has 2 atom stereocenters. The van der Waals surface area contributed by atoms with Gasteiger partial charge in [-0.3, -0.25) is 0 Å². The van der Waals surface area contributed by atoms with Gasteiger partial charge in [0, 0.05) is 0 Å². The van der Waals surface area contributed by atoms with Gasteiger partial charge in [-0.25, -0.2) is 0 Å². The molecule has 0 aromatic heterocycles. The first-order valence-corrected chi connectivity index (χ1v) is 6.82. The molecule has 0 amide bonds. The molecule has 0 heterocycles. The first-order chi connectivity index (χ1) is 8.04. The molecule has 0 radical (unpaired) electrons. The van der Waals surface area contributed by atoms with Crippen molar-refractivity contribution in [3.8, 4) is 0 Å². The lowest BCUT2D eigenvalue weighted by atomic mass is 9.95. The largest absolute Gasteiger partial charge is 0.388 e. The number of rotatable bonds is 6. The Morgan fingerprint density at radius 1 is 0.941 bits per heavy atom. The van der Waals surface area contributed by atoms with E-state index in [9.17, 15) is 5.11 Å². The first-order valence-electron chi connectivity index (χ1n) is 6.82. The zero-order chi connectivity index (χ0) is 12.8. The molecular weight excluding hydrogens is 208 g/mol. The maximum absolute atomic E-state index is 10.1. The lowest BCUT2D eigenvalue weighted by Crippen LogP contribution is -2.00. The van der Waals surface area contributed by atoms with E-state index in [1.54, 1.807) is 0 Å². The van der Waals surface area contributed by atoms with Crippen LogP contribution < -0.4 is 0 Å². The second-order valence-corrected chi connectivity index (χ2v) is 5.46. The van der Waals surface area contributed by atoms with E-state index in [0.29, 0.717) is 11.8 Å². The van der Waals surface area contributed by atoms with Crippen molar-refractivity contribution in [2.45, 2.75) is 59.0 Å². The molecule has 0 aliphatic rings. The summed E-state index contributed by atoms with van der Waals surface area (Å²) in [5.74, 6) is 1.26. The number of hydrogen-bond acceptors (Lipinski definition) is 1. The summed E-state index contributed by atoms with van der Waals surface area (Å²) in [7, 11) is 0. The van der Waals surface area contributed by atoms with Crippen LogP contribution in [0.1, 0.15) is 70.1 Å². The van der Waals surface area contributed by atoms with Gasteiger partial charge < -0.3 is 5.11 Å². The number of hydrogen-bond donors (Lipinski definition) is 1.